The number of hydrogen-bond donors (Lipinski definition) is 2. The molecule has 2 N–H and O–H groups in total. The lowest BCUT2D eigenvalue weighted by Gasteiger charge is -2.26. The Morgan fingerprint density at radius 1 is 1.57 bits per heavy atom. The van der Waals surface area contributed by atoms with Crippen molar-refractivity contribution in [1.29, 1.82) is 0 Å². The van der Waals surface area contributed by atoms with E-state index in [9.17, 15) is 4.79 Å². The Bertz CT molecular complexity index is 482. The zero-order chi connectivity index (χ0) is 14.7. The average molecular weight is 292 g/mol. The van der Waals surface area contributed by atoms with Gasteiger partial charge in [-0.05, 0) is 39.2 Å². The Balaban J connectivity index is 1.52. The molecule has 21 heavy (non-hydrogen) atoms. The number of anilines is 1. The van der Waals surface area contributed by atoms with Crippen LogP contribution in [0.1, 0.15) is 32.6 Å². The number of carbonyl (C=O) groups is 1. The summed E-state index contributed by atoms with van der Waals surface area (Å²) in [7, 11) is 0. The molecule has 2 aliphatic rings. The van der Waals surface area contributed by atoms with E-state index in [1.165, 1.54) is 0 Å². The molecule has 0 spiro atoms. The largest absolute Gasteiger partial charge is 0.376 e. The molecule has 1 aromatic heterocycles. The van der Waals surface area contributed by atoms with E-state index >= 15 is 0 Å². The second kappa shape index (κ2) is 6.58. The Labute approximate surface area is 125 Å². The molecule has 0 bridgehead atoms. The summed E-state index contributed by atoms with van der Waals surface area (Å²) in [5, 5.41) is 10.7. The quantitative estimate of drug-likeness (QED) is 0.880. The Morgan fingerprint density at radius 2 is 2.48 bits per heavy atom. The zero-order valence-electron chi connectivity index (χ0n) is 12.5. The van der Waals surface area contributed by atoms with Crippen LogP contribution in [0.5, 0.6) is 0 Å². The molecule has 3 rings (SSSR count). The summed E-state index contributed by atoms with van der Waals surface area (Å²) in [4.78, 5) is 12.3. The van der Waals surface area contributed by atoms with E-state index in [-0.39, 0.29) is 17.9 Å². The SMILES string of the molecule is CC1CC(C(=O)Nc2cnn(CC3CCCO3)c2)CCN1. The molecule has 3 atom stereocenters. The first-order chi connectivity index (χ1) is 10.2. The van der Waals surface area contributed by atoms with E-state index in [1.807, 2.05) is 10.9 Å². The standard InChI is InChI=1S/C15H24N4O2/c1-11-7-12(4-5-16-11)15(20)18-13-8-17-19(9-13)10-14-3-2-6-21-14/h8-9,11-12,14,16H,2-7,10H2,1H3,(H,18,20). The predicted molar refractivity (Wildman–Crippen MR) is 80.0 cm³/mol. The average Bonchev–Trinajstić information content (AvgIpc) is 3.11. The van der Waals surface area contributed by atoms with Crippen LogP contribution in [-0.2, 0) is 16.1 Å². The van der Waals surface area contributed by atoms with Crippen LogP contribution in [0.25, 0.3) is 0 Å². The van der Waals surface area contributed by atoms with Gasteiger partial charge in [0.2, 0.25) is 5.91 Å². The van der Waals surface area contributed by atoms with Gasteiger partial charge in [0.1, 0.15) is 0 Å². The summed E-state index contributed by atoms with van der Waals surface area (Å²) in [6.07, 6.45) is 7.90. The van der Waals surface area contributed by atoms with Crippen LogP contribution >= 0.6 is 0 Å². The maximum absolute atomic E-state index is 12.3. The molecule has 6 nitrogen and oxygen atoms in total. The third kappa shape index (κ3) is 3.83. The molecular weight excluding hydrogens is 268 g/mol. The zero-order valence-corrected chi connectivity index (χ0v) is 12.5. The van der Waals surface area contributed by atoms with Gasteiger partial charge in [0.25, 0.3) is 0 Å². The van der Waals surface area contributed by atoms with Crippen molar-refractivity contribution in [1.82, 2.24) is 15.1 Å². The summed E-state index contributed by atoms with van der Waals surface area (Å²) < 4.78 is 7.46. The minimum atomic E-state index is 0.0998. The van der Waals surface area contributed by atoms with Crippen molar-refractivity contribution in [2.45, 2.75) is 51.3 Å². The van der Waals surface area contributed by atoms with Crippen LogP contribution in [0.2, 0.25) is 0 Å². The van der Waals surface area contributed by atoms with Gasteiger partial charge in [0.15, 0.2) is 0 Å². The third-order valence-electron chi connectivity index (χ3n) is 4.31. The van der Waals surface area contributed by atoms with E-state index in [1.54, 1.807) is 6.20 Å². The molecule has 3 heterocycles. The number of aromatic nitrogens is 2. The summed E-state index contributed by atoms with van der Waals surface area (Å²) in [6, 6.07) is 0.414. The van der Waals surface area contributed by atoms with Crippen LogP contribution < -0.4 is 10.6 Å². The fraction of sp³-hybridized carbons (Fsp3) is 0.733. The van der Waals surface area contributed by atoms with Gasteiger partial charge in [-0.2, -0.15) is 5.10 Å². The van der Waals surface area contributed by atoms with Gasteiger partial charge in [-0.1, -0.05) is 0 Å². The van der Waals surface area contributed by atoms with Gasteiger partial charge in [0, 0.05) is 24.8 Å². The fourth-order valence-electron chi connectivity index (χ4n) is 3.14. The summed E-state index contributed by atoms with van der Waals surface area (Å²) in [5.74, 6) is 0.211. The topological polar surface area (TPSA) is 68.2 Å². The van der Waals surface area contributed by atoms with E-state index < -0.39 is 0 Å². The number of ether oxygens (including phenoxy) is 1. The van der Waals surface area contributed by atoms with E-state index in [0.29, 0.717) is 6.04 Å². The first-order valence-electron chi connectivity index (χ1n) is 7.89. The molecule has 0 saturated carbocycles. The molecule has 1 amide bonds. The lowest BCUT2D eigenvalue weighted by molar-refractivity contribution is -0.120. The van der Waals surface area contributed by atoms with Crippen molar-refractivity contribution in [2.24, 2.45) is 5.92 Å². The highest BCUT2D eigenvalue weighted by atomic mass is 16.5. The lowest BCUT2D eigenvalue weighted by atomic mass is 9.92. The summed E-state index contributed by atoms with van der Waals surface area (Å²) >= 11 is 0. The van der Waals surface area contributed by atoms with Crippen molar-refractivity contribution in [3.05, 3.63) is 12.4 Å². The molecule has 3 unspecified atom stereocenters. The van der Waals surface area contributed by atoms with Gasteiger partial charge in [-0.15, -0.1) is 0 Å². The van der Waals surface area contributed by atoms with Crippen LogP contribution in [0, 0.1) is 5.92 Å². The molecule has 2 saturated heterocycles. The normalized spacial score (nSPS) is 29.5. The minimum Gasteiger partial charge on any atom is -0.376 e. The van der Waals surface area contributed by atoms with Crippen LogP contribution in [-0.4, -0.2) is 41.0 Å². The van der Waals surface area contributed by atoms with Crippen molar-refractivity contribution >= 4 is 11.6 Å². The molecule has 6 heteroatoms. The number of carbonyl (C=O) groups excluding carboxylic acids is 1. The van der Waals surface area contributed by atoms with Crippen molar-refractivity contribution in [3.8, 4) is 0 Å². The van der Waals surface area contributed by atoms with Crippen molar-refractivity contribution in [2.75, 3.05) is 18.5 Å². The third-order valence-corrected chi connectivity index (χ3v) is 4.31. The fourth-order valence-corrected chi connectivity index (χ4v) is 3.14. The maximum atomic E-state index is 12.3. The number of rotatable bonds is 4. The van der Waals surface area contributed by atoms with Crippen molar-refractivity contribution < 1.29 is 9.53 Å². The Hall–Kier alpha value is -1.40. The van der Waals surface area contributed by atoms with Crippen LogP contribution in [0.15, 0.2) is 12.4 Å². The maximum Gasteiger partial charge on any atom is 0.227 e. The highest BCUT2D eigenvalue weighted by molar-refractivity contribution is 5.92. The van der Waals surface area contributed by atoms with Crippen LogP contribution in [0.3, 0.4) is 0 Å². The molecule has 0 aromatic carbocycles. The summed E-state index contributed by atoms with van der Waals surface area (Å²) in [6.45, 7) is 4.65. The van der Waals surface area contributed by atoms with Gasteiger partial charge >= 0.3 is 0 Å². The van der Waals surface area contributed by atoms with Crippen LogP contribution in [0.4, 0.5) is 5.69 Å². The first kappa shape index (κ1) is 14.5. The molecular formula is C15H24N4O2. The first-order valence-corrected chi connectivity index (χ1v) is 7.89. The van der Waals surface area contributed by atoms with Gasteiger partial charge in [0.05, 0.1) is 24.5 Å². The van der Waals surface area contributed by atoms with E-state index in [4.69, 9.17) is 4.74 Å². The minimum absolute atomic E-state index is 0.0998. The predicted octanol–water partition coefficient (Wildman–Crippen LogP) is 1.39. The second-order valence-corrected chi connectivity index (χ2v) is 6.15. The highest BCUT2D eigenvalue weighted by Gasteiger charge is 2.25. The highest BCUT2D eigenvalue weighted by Crippen LogP contribution is 2.19. The number of amides is 1. The Kier molecular flexibility index (Phi) is 4.55. The van der Waals surface area contributed by atoms with E-state index in [2.05, 4.69) is 22.7 Å². The molecule has 2 fully saturated rings. The van der Waals surface area contributed by atoms with Gasteiger partial charge in [-0.3, -0.25) is 9.48 Å². The van der Waals surface area contributed by atoms with Gasteiger partial charge < -0.3 is 15.4 Å². The number of nitrogens with zero attached hydrogens (tertiary/aromatic N) is 2. The molecule has 2 aliphatic heterocycles. The molecule has 0 radical (unpaired) electrons. The molecule has 0 aliphatic carbocycles. The summed E-state index contributed by atoms with van der Waals surface area (Å²) in [5.41, 5.74) is 0.782. The lowest BCUT2D eigenvalue weighted by Crippen LogP contribution is -2.40. The monoisotopic (exact) mass is 292 g/mol. The van der Waals surface area contributed by atoms with E-state index in [0.717, 1.165) is 51.1 Å². The number of hydrogen-bond acceptors (Lipinski definition) is 4. The molecule has 116 valence electrons. The second-order valence-electron chi connectivity index (χ2n) is 6.15. The molecule has 1 aromatic rings. The van der Waals surface area contributed by atoms with Gasteiger partial charge in [-0.25, -0.2) is 0 Å². The number of nitrogens with one attached hydrogen (secondary N) is 2. The smallest absolute Gasteiger partial charge is 0.227 e. The number of piperidine rings is 1. The van der Waals surface area contributed by atoms with Crippen molar-refractivity contribution in [3.63, 3.8) is 0 Å². The Morgan fingerprint density at radius 3 is 3.24 bits per heavy atom.